The first kappa shape index (κ1) is 8.96. The zero-order chi connectivity index (χ0) is 11.0. The van der Waals surface area contributed by atoms with E-state index in [0.717, 1.165) is 5.52 Å². The molecule has 78 valence electrons. The molecule has 3 heterocycles. The Morgan fingerprint density at radius 3 is 2.88 bits per heavy atom. The highest BCUT2D eigenvalue weighted by Crippen LogP contribution is 2.18. The van der Waals surface area contributed by atoms with Gasteiger partial charge in [-0.3, -0.25) is 0 Å². The average molecular weight is 214 g/mol. The van der Waals surface area contributed by atoms with Gasteiger partial charge in [0.25, 0.3) is 0 Å². The quantitative estimate of drug-likeness (QED) is 0.631. The molecule has 0 unspecified atom stereocenters. The number of rotatable bonds is 1. The maximum atomic E-state index is 12.9. The highest BCUT2D eigenvalue weighted by atomic mass is 19.1. The Bertz CT molecular complexity index is 614. The SMILES string of the molecule is Fc1cc(-c2nc3ncccc3[nH]2)ccn1. The summed E-state index contributed by atoms with van der Waals surface area (Å²) in [5.74, 6) is 0.0703. The van der Waals surface area contributed by atoms with E-state index in [-0.39, 0.29) is 0 Å². The number of imidazole rings is 1. The molecule has 0 saturated heterocycles. The number of halogens is 1. The predicted octanol–water partition coefficient (Wildman–Crippen LogP) is 2.16. The van der Waals surface area contributed by atoms with Crippen molar-refractivity contribution in [2.24, 2.45) is 0 Å². The van der Waals surface area contributed by atoms with Gasteiger partial charge < -0.3 is 4.98 Å². The molecule has 0 spiro atoms. The van der Waals surface area contributed by atoms with E-state index in [1.54, 1.807) is 12.3 Å². The number of H-pyrrole nitrogens is 1. The molecule has 0 radical (unpaired) electrons. The number of hydrogen-bond donors (Lipinski definition) is 1. The lowest BCUT2D eigenvalue weighted by Crippen LogP contribution is -1.85. The van der Waals surface area contributed by atoms with E-state index in [1.165, 1.54) is 12.3 Å². The Labute approximate surface area is 90.2 Å². The van der Waals surface area contributed by atoms with Crippen molar-refractivity contribution in [1.82, 2.24) is 19.9 Å². The summed E-state index contributed by atoms with van der Waals surface area (Å²) in [6.07, 6.45) is 3.07. The summed E-state index contributed by atoms with van der Waals surface area (Å²) in [7, 11) is 0. The number of pyridine rings is 2. The van der Waals surface area contributed by atoms with Crippen LogP contribution in [-0.4, -0.2) is 19.9 Å². The van der Waals surface area contributed by atoms with Crippen LogP contribution in [0.25, 0.3) is 22.6 Å². The summed E-state index contributed by atoms with van der Waals surface area (Å²) in [6.45, 7) is 0. The Balaban J connectivity index is 2.19. The molecule has 0 atom stereocenters. The monoisotopic (exact) mass is 214 g/mol. The van der Waals surface area contributed by atoms with Gasteiger partial charge in [0.15, 0.2) is 5.65 Å². The van der Waals surface area contributed by atoms with E-state index in [0.29, 0.717) is 17.0 Å². The van der Waals surface area contributed by atoms with Crippen molar-refractivity contribution in [3.05, 3.63) is 42.6 Å². The van der Waals surface area contributed by atoms with Crippen LogP contribution in [0.2, 0.25) is 0 Å². The summed E-state index contributed by atoms with van der Waals surface area (Å²) in [5, 5.41) is 0. The second-order valence-corrected chi connectivity index (χ2v) is 3.33. The third-order valence-electron chi connectivity index (χ3n) is 2.26. The first-order valence-electron chi connectivity index (χ1n) is 4.75. The molecule has 4 nitrogen and oxygen atoms in total. The van der Waals surface area contributed by atoms with Gasteiger partial charge >= 0.3 is 0 Å². The van der Waals surface area contributed by atoms with Crippen molar-refractivity contribution in [1.29, 1.82) is 0 Å². The minimum absolute atomic E-state index is 0.522. The largest absolute Gasteiger partial charge is 0.337 e. The van der Waals surface area contributed by atoms with Crippen LogP contribution in [0.4, 0.5) is 4.39 Å². The van der Waals surface area contributed by atoms with Crippen molar-refractivity contribution in [2.75, 3.05) is 0 Å². The zero-order valence-corrected chi connectivity index (χ0v) is 8.18. The lowest BCUT2D eigenvalue weighted by atomic mass is 10.2. The van der Waals surface area contributed by atoms with Gasteiger partial charge in [0.1, 0.15) is 5.82 Å². The Morgan fingerprint density at radius 1 is 1.12 bits per heavy atom. The molecule has 16 heavy (non-hydrogen) atoms. The maximum absolute atomic E-state index is 12.9. The third kappa shape index (κ3) is 1.42. The minimum Gasteiger partial charge on any atom is -0.337 e. The van der Waals surface area contributed by atoms with Gasteiger partial charge in [0.2, 0.25) is 5.95 Å². The summed E-state index contributed by atoms with van der Waals surface area (Å²) < 4.78 is 12.9. The summed E-state index contributed by atoms with van der Waals surface area (Å²) in [4.78, 5) is 14.9. The van der Waals surface area contributed by atoms with E-state index < -0.39 is 5.95 Å². The average Bonchev–Trinajstić information content (AvgIpc) is 2.72. The highest BCUT2D eigenvalue weighted by molar-refractivity contribution is 5.75. The molecule has 0 aliphatic rings. The van der Waals surface area contributed by atoms with Crippen molar-refractivity contribution in [3.63, 3.8) is 0 Å². The molecule has 0 saturated carbocycles. The standard InChI is InChI=1S/C11H7FN4/c12-9-6-7(3-5-13-9)10-15-8-2-1-4-14-11(8)16-10/h1-6H,(H,14,15,16). The van der Waals surface area contributed by atoms with Crippen LogP contribution in [0.1, 0.15) is 0 Å². The van der Waals surface area contributed by atoms with Crippen LogP contribution >= 0.6 is 0 Å². The highest BCUT2D eigenvalue weighted by Gasteiger charge is 2.06. The van der Waals surface area contributed by atoms with Crippen LogP contribution in [0, 0.1) is 5.95 Å². The smallest absolute Gasteiger partial charge is 0.213 e. The van der Waals surface area contributed by atoms with E-state index in [2.05, 4.69) is 19.9 Å². The Kier molecular flexibility index (Phi) is 1.89. The van der Waals surface area contributed by atoms with Crippen LogP contribution < -0.4 is 0 Å². The van der Waals surface area contributed by atoms with Gasteiger partial charge in [-0.25, -0.2) is 15.0 Å². The second-order valence-electron chi connectivity index (χ2n) is 3.33. The van der Waals surface area contributed by atoms with E-state index >= 15 is 0 Å². The molecule has 3 aromatic rings. The van der Waals surface area contributed by atoms with Crippen molar-refractivity contribution in [2.45, 2.75) is 0 Å². The number of hydrogen-bond acceptors (Lipinski definition) is 3. The summed E-state index contributed by atoms with van der Waals surface area (Å²) >= 11 is 0. The van der Waals surface area contributed by atoms with Gasteiger partial charge in [-0.1, -0.05) is 0 Å². The van der Waals surface area contributed by atoms with Gasteiger partial charge in [0.05, 0.1) is 5.52 Å². The number of aromatic nitrogens is 4. The first-order chi connectivity index (χ1) is 7.83. The molecule has 0 fully saturated rings. The molecule has 1 N–H and O–H groups in total. The van der Waals surface area contributed by atoms with Crippen molar-refractivity contribution >= 4 is 11.2 Å². The first-order valence-corrected chi connectivity index (χ1v) is 4.75. The minimum atomic E-state index is -0.522. The topological polar surface area (TPSA) is 54.5 Å². The summed E-state index contributed by atoms with van der Waals surface area (Å²) in [6, 6.07) is 6.71. The fraction of sp³-hybridized carbons (Fsp3) is 0. The molecule has 5 heteroatoms. The zero-order valence-electron chi connectivity index (χ0n) is 8.18. The fourth-order valence-electron chi connectivity index (χ4n) is 1.53. The molecule has 0 bridgehead atoms. The Hall–Kier alpha value is -2.30. The van der Waals surface area contributed by atoms with E-state index in [9.17, 15) is 4.39 Å². The number of nitrogens with zero attached hydrogens (tertiary/aromatic N) is 3. The van der Waals surface area contributed by atoms with E-state index in [4.69, 9.17) is 0 Å². The van der Waals surface area contributed by atoms with Crippen LogP contribution in [0.3, 0.4) is 0 Å². The maximum Gasteiger partial charge on any atom is 0.213 e. The lowest BCUT2D eigenvalue weighted by Gasteiger charge is -1.94. The van der Waals surface area contributed by atoms with Gasteiger partial charge in [0, 0.05) is 24.0 Å². The molecular weight excluding hydrogens is 207 g/mol. The normalized spacial score (nSPS) is 10.8. The van der Waals surface area contributed by atoms with Crippen molar-refractivity contribution in [3.8, 4) is 11.4 Å². The number of nitrogens with one attached hydrogen (secondary N) is 1. The van der Waals surface area contributed by atoms with Crippen LogP contribution in [0.5, 0.6) is 0 Å². The van der Waals surface area contributed by atoms with Crippen molar-refractivity contribution < 1.29 is 4.39 Å². The molecular formula is C11H7FN4. The van der Waals surface area contributed by atoms with Crippen LogP contribution in [-0.2, 0) is 0 Å². The third-order valence-corrected chi connectivity index (χ3v) is 2.26. The van der Waals surface area contributed by atoms with Gasteiger partial charge in [-0.05, 0) is 18.2 Å². The van der Waals surface area contributed by atoms with Crippen LogP contribution in [0.15, 0.2) is 36.7 Å². The molecule has 3 rings (SSSR count). The fourth-order valence-corrected chi connectivity index (χ4v) is 1.53. The second kappa shape index (κ2) is 3.37. The molecule has 0 aliphatic heterocycles. The van der Waals surface area contributed by atoms with E-state index in [1.807, 2.05) is 12.1 Å². The Morgan fingerprint density at radius 2 is 2.06 bits per heavy atom. The van der Waals surface area contributed by atoms with Gasteiger partial charge in [-0.15, -0.1) is 0 Å². The number of aromatic amines is 1. The van der Waals surface area contributed by atoms with Gasteiger partial charge in [-0.2, -0.15) is 4.39 Å². The molecule has 0 amide bonds. The molecule has 0 aliphatic carbocycles. The number of fused-ring (bicyclic) bond motifs is 1. The molecule has 0 aromatic carbocycles. The lowest BCUT2D eigenvalue weighted by molar-refractivity contribution is 0.584. The molecule has 3 aromatic heterocycles. The predicted molar refractivity (Wildman–Crippen MR) is 57.1 cm³/mol. The summed E-state index contributed by atoms with van der Waals surface area (Å²) in [5.41, 5.74) is 2.11.